The molecule has 0 saturated heterocycles. The fourth-order valence-electron chi connectivity index (χ4n) is 1.68. The molecule has 0 saturated carbocycles. The highest BCUT2D eigenvalue weighted by molar-refractivity contribution is 5.97. The number of ether oxygens (including phenoxy) is 1. The standard InChI is InChI=1S/C13H21NO3/c1-13(2,3)17-12(16)14-9-5-7-10-6-4-8-11(10)15/h6H,4-5,7-9H2,1-3H3,(H,14,16). The van der Waals surface area contributed by atoms with Crippen LogP contribution in [0.3, 0.4) is 0 Å². The van der Waals surface area contributed by atoms with E-state index in [-0.39, 0.29) is 5.78 Å². The number of Topliss-reactive ketones (excluding diaryl/α,β-unsaturated/α-hetero) is 1. The summed E-state index contributed by atoms with van der Waals surface area (Å²) in [6.07, 6.45) is 4.63. The van der Waals surface area contributed by atoms with Gasteiger partial charge in [0, 0.05) is 13.0 Å². The Hall–Kier alpha value is -1.32. The van der Waals surface area contributed by atoms with Crippen LogP contribution >= 0.6 is 0 Å². The molecule has 0 aromatic heterocycles. The van der Waals surface area contributed by atoms with Crippen LogP contribution in [-0.2, 0) is 9.53 Å². The highest BCUT2D eigenvalue weighted by Crippen LogP contribution is 2.18. The third-order valence-electron chi connectivity index (χ3n) is 2.41. The van der Waals surface area contributed by atoms with E-state index < -0.39 is 11.7 Å². The van der Waals surface area contributed by atoms with Crippen molar-refractivity contribution in [1.82, 2.24) is 5.32 Å². The van der Waals surface area contributed by atoms with E-state index in [9.17, 15) is 9.59 Å². The first kappa shape index (κ1) is 13.7. The van der Waals surface area contributed by atoms with Crippen molar-refractivity contribution in [2.45, 2.75) is 52.1 Å². The maximum Gasteiger partial charge on any atom is 0.407 e. The molecule has 0 radical (unpaired) electrons. The molecule has 0 bridgehead atoms. The summed E-state index contributed by atoms with van der Waals surface area (Å²) >= 11 is 0. The van der Waals surface area contributed by atoms with Crippen LogP contribution < -0.4 is 5.32 Å². The van der Waals surface area contributed by atoms with Crippen LogP contribution in [0.1, 0.15) is 46.5 Å². The molecular formula is C13H21NO3. The van der Waals surface area contributed by atoms with Crippen molar-refractivity contribution in [2.24, 2.45) is 0 Å². The average Bonchev–Trinajstić information content (AvgIpc) is 2.56. The lowest BCUT2D eigenvalue weighted by molar-refractivity contribution is -0.115. The van der Waals surface area contributed by atoms with Crippen molar-refractivity contribution in [1.29, 1.82) is 0 Å². The van der Waals surface area contributed by atoms with Crippen LogP contribution in [0.5, 0.6) is 0 Å². The SMILES string of the molecule is CC(C)(C)OC(=O)NCCCC1=CCCC1=O. The van der Waals surface area contributed by atoms with Gasteiger partial charge in [-0.25, -0.2) is 4.79 Å². The van der Waals surface area contributed by atoms with Gasteiger partial charge >= 0.3 is 6.09 Å². The molecule has 0 aromatic carbocycles. The Balaban J connectivity index is 2.12. The smallest absolute Gasteiger partial charge is 0.407 e. The molecule has 0 fully saturated rings. The molecular weight excluding hydrogens is 218 g/mol. The van der Waals surface area contributed by atoms with Crippen molar-refractivity contribution >= 4 is 11.9 Å². The Morgan fingerprint density at radius 3 is 2.71 bits per heavy atom. The summed E-state index contributed by atoms with van der Waals surface area (Å²) in [7, 11) is 0. The minimum absolute atomic E-state index is 0.252. The van der Waals surface area contributed by atoms with Crippen molar-refractivity contribution in [3.05, 3.63) is 11.6 Å². The Morgan fingerprint density at radius 1 is 1.47 bits per heavy atom. The summed E-state index contributed by atoms with van der Waals surface area (Å²) in [5.74, 6) is 0.252. The first-order valence-electron chi connectivity index (χ1n) is 6.07. The average molecular weight is 239 g/mol. The predicted octanol–water partition coefficient (Wildman–Crippen LogP) is 2.58. The first-order valence-corrected chi connectivity index (χ1v) is 6.07. The van der Waals surface area contributed by atoms with Gasteiger partial charge in [0.2, 0.25) is 0 Å². The number of ketones is 1. The van der Waals surface area contributed by atoms with E-state index in [1.54, 1.807) is 0 Å². The second-order valence-electron chi connectivity index (χ2n) is 5.22. The molecule has 1 amide bonds. The Labute approximate surface area is 102 Å². The highest BCUT2D eigenvalue weighted by Gasteiger charge is 2.16. The molecule has 1 aliphatic rings. The van der Waals surface area contributed by atoms with E-state index in [0.29, 0.717) is 13.0 Å². The molecule has 4 heteroatoms. The summed E-state index contributed by atoms with van der Waals surface area (Å²) in [6, 6.07) is 0. The van der Waals surface area contributed by atoms with Crippen LogP contribution in [-0.4, -0.2) is 24.0 Å². The number of rotatable bonds is 4. The number of alkyl carbamates (subject to hydrolysis) is 1. The molecule has 0 aromatic rings. The summed E-state index contributed by atoms with van der Waals surface area (Å²) in [5, 5.41) is 2.68. The zero-order valence-corrected chi connectivity index (χ0v) is 10.8. The summed E-state index contributed by atoms with van der Waals surface area (Å²) in [6.45, 7) is 6.03. The van der Waals surface area contributed by atoms with Gasteiger partial charge < -0.3 is 10.1 Å². The van der Waals surface area contributed by atoms with E-state index in [4.69, 9.17) is 4.74 Å². The Kier molecular flexibility index (Phi) is 4.73. The van der Waals surface area contributed by atoms with Crippen molar-refractivity contribution in [2.75, 3.05) is 6.54 Å². The number of carbonyl (C=O) groups excluding carboxylic acids is 2. The predicted molar refractivity (Wildman–Crippen MR) is 65.8 cm³/mol. The first-order chi connectivity index (χ1) is 7.88. The second-order valence-corrected chi connectivity index (χ2v) is 5.22. The van der Waals surface area contributed by atoms with E-state index >= 15 is 0 Å². The molecule has 17 heavy (non-hydrogen) atoms. The van der Waals surface area contributed by atoms with Crippen molar-refractivity contribution in [3.8, 4) is 0 Å². The summed E-state index contributed by atoms with van der Waals surface area (Å²) in [5.41, 5.74) is 0.449. The highest BCUT2D eigenvalue weighted by atomic mass is 16.6. The van der Waals surface area contributed by atoms with Crippen LogP contribution in [0.25, 0.3) is 0 Å². The maximum absolute atomic E-state index is 11.3. The molecule has 0 spiro atoms. The van der Waals surface area contributed by atoms with Gasteiger partial charge in [-0.05, 0) is 45.6 Å². The lowest BCUT2D eigenvalue weighted by atomic mass is 10.1. The fraction of sp³-hybridized carbons (Fsp3) is 0.692. The number of amides is 1. The Bertz CT molecular complexity index is 326. The zero-order chi connectivity index (χ0) is 12.9. The third-order valence-corrected chi connectivity index (χ3v) is 2.41. The molecule has 4 nitrogen and oxygen atoms in total. The minimum Gasteiger partial charge on any atom is -0.444 e. The van der Waals surface area contributed by atoms with E-state index in [2.05, 4.69) is 5.32 Å². The van der Waals surface area contributed by atoms with Gasteiger partial charge in [0.25, 0.3) is 0 Å². The molecule has 0 aliphatic heterocycles. The van der Waals surface area contributed by atoms with Gasteiger partial charge in [-0.1, -0.05) is 6.08 Å². The third kappa shape index (κ3) is 5.52. The quantitative estimate of drug-likeness (QED) is 0.767. The van der Waals surface area contributed by atoms with Gasteiger partial charge in [-0.15, -0.1) is 0 Å². The summed E-state index contributed by atoms with van der Waals surface area (Å²) < 4.78 is 5.10. The van der Waals surface area contributed by atoms with Crippen molar-refractivity contribution in [3.63, 3.8) is 0 Å². The number of carbonyl (C=O) groups is 2. The minimum atomic E-state index is -0.464. The van der Waals surface area contributed by atoms with Crippen LogP contribution in [0.4, 0.5) is 4.79 Å². The molecule has 96 valence electrons. The van der Waals surface area contributed by atoms with Crippen LogP contribution in [0.2, 0.25) is 0 Å². The van der Waals surface area contributed by atoms with Gasteiger partial charge in [-0.2, -0.15) is 0 Å². The van der Waals surface area contributed by atoms with Crippen LogP contribution in [0.15, 0.2) is 11.6 Å². The molecule has 0 atom stereocenters. The molecule has 0 unspecified atom stereocenters. The maximum atomic E-state index is 11.3. The van der Waals surface area contributed by atoms with Crippen LogP contribution in [0, 0.1) is 0 Å². The van der Waals surface area contributed by atoms with Gasteiger partial charge in [-0.3, -0.25) is 4.79 Å². The normalized spacial score (nSPS) is 15.7. The number of nitrogens with one attached hydrogen (secondary N) is 1. The summed E-state index contributed by atoms with van der Waals surface area (Å²) in [4.78, 5) is 22.6. The zero-order valence-electron chi connectivity index (χ0n) is 10.8. The lowest BCUT2D eigenvalue weighted by Gasteiger charge is -2.19. The van der Waals surface area contributed by atoms with Gasteiger partial charge in [0.05, 0.1) is 0 Å². The molecule has 1 rings (SSSR count). The topological polar surface area (TPSA) is 55.4 Å². The monoisotopic (exact) mass is 239 g/mol. The largest absolute Gasteiger partial charge is 0.444 e. The lowest BCUT2D eigenvalue weighted by Crippen LogP contribution is -2.33. The van der Waals surface area contributed by atoms with E-state index in [1.165, 1.54) is 0 Å². The molecule has 1 N–H and O–H groups in total. The molecule has 1 aliphatic carbocycles. The Morgan fingerprint density at radius 2 is 2.18 bits per heavy atom. The van der Waals surface area contributed by atoms with E-state index in [1.807, 2.05) is 26.8 Å². The number of hydrogen-bond donors (Lipinski definition) is 1. The van der Waals surface area contributed by atoms with E-state index in [0.717, 1.165) is 24.8 Å². The number of hydrogen-bond acceptors (Lipinski definition) is 3. The van der Waals surface area contributed by atoms with Crippen molar-refractivity contribution < 1.29 is 14.3 Å². The second kappa shape index (κ2) is 5.84. The fourth-order valence-corrected chi connectivity index (χ4v) is 1.68. The van der Waals surface area contributed by atoms with Gasteiger partial charge in [0.15, 0.2) is 5.78 Å². The molecule has 0 heterocycles. The number of allylic oxidation sites excluding steroid dienone is 2. The van der Waals surface area contributed by atoms with Gasteiger partial charge in [0.1, 0.15) is 5.60 Å².